The van der Waals surface area contributed by atoms with Gasteiger partial charge in [-0.15, -0.1) is 11.3 Å². The molecule has 3 aromatic rings. The predicted octanol–water partition coefficient (Wildman–Crippen LogP) is 3.03. The van der Waals surface area contributed by atoms with Crippen LogP contribution in [0.15, 0.2) is 23.7 Å². The zero-order chi connectivity index (χ0) is 14.1. The Morgan fingerprint density at radius 2 is 2.20 bits per heavy atom. The molecule has 0 radical (unpaired) electrons. The zero-order valence-electron chi connectivity index (χ0n) is 11.7. The van der Waals surface area contributed by atoms with Crippen molar-refractivity contribution in [2.24, 2.45) is 0 Å². The lowest BCUT2D eigenvalue weighted by molar-refractivity contribution is 0.398. The fourth-order valence-corrected chi connectivity index (χ4v) is 3.10. The highest BCUT2D eigenvalue weighted by molar-refractivity contribution is 7.15. The van der Waals surface area contributed by atoms with E-state index in [1.165, 1.54) is 11.4 Å². The summed E-state index contributed by atoms with van der Waals surface area (Å²) in [6.45, 7) is 4.87. The van der Waals surface area contributed by atoms with Gasteiger partial charge >= 0.3 is 0 Å². The van der Waals surface area contributed by atoms with E-state index in [4.69, 9.17) is 4.74 Å². The van der Waals surface area contributed by atoms with Gasteiger partial charge in [0.25, 0.3) is 0 Å². The number of imidazole rings is 1. The molecule has 3 aromatic heterocycles. The Balaban J connectivity index is 1.82. The van der Waals surface area contributed by atoms with Crippen LogP contribution < -0.4 is 10.1 Å². The van der Waals surface area contributed by atoms with Crippen molar-refractivity contribution in [2.75, 3.05) is 12.4 Å². The van der Waals surface area contributed by atoms with E-state index in [2.05, 4.69) is 32.0 Å². The van der Waals surface area contributed by atoms with Crippen molar-refractivity contribution in [3.05, 3.63) is 40.8 Å². The first-order valence-corrected chi connectivity index (χ1v) is 7.23. The molecule has 0 saturated heterocycles. The first-order valence-electron chi connectivity index (χ1n) is 6.35. The van der Waals surface area contributed by atoms with Gasteiger partial charge in [-0.25, -0.2) is 9.97 Å². The Morgan fingerprint density at radius 3 is 2.90 bits per heavy atom. The maximum Gasteiger partial charge on any atom is 0.213 e. The van der Waals surface area contributed by atoms with Crippen LogP contribution in [0.4, 0.5) is 5.69 Å². The minimum absolute atomic E-state index is 0.618. The van der Waals surface area contributed by atoms with E-state index < -0.39 is 0 Å². The molecule has 0 amide bonds. The summed E-state index contributed by atoms with van der Waals surface area (Å²) < 4.78 is 7.25. The number of aromatic nitrogens is 3. The standard InChI is InChI=1S/C14H16N4OS/c1-9-8-20-14-17-10(2)12(18(9)14)7-15-11-4-5-13(19-3)16-6-11/h4-6,8,15H,7H2,1-3H3. The molecule has 3 rings (SSSR count). The predicted molar refractivity (Wildman–Crippen MR) is 80.7 cm³/mol. The van der Waals surface area contributed by atoms with Gasteiger partial charge in [0.1, 0.15) is 0 Å². The first kappa shape index (κ1) is 12.9. The highest BCUT2D eigenvalue weighted by Gasteiger charge is 2.11. The van der Waals surface area contributed by atoms with Gasteiger partial charge in [-0.05, 0) is 19.9 Å². The van der Waals surface area contributed by atoms with E-state index in [1.54, 1.807) is 24.6 Å². The molecule has 0 aliphatic rings. The van der Waals surface area contributed by atoms with Crippen LogP contribution in [0.5, 0.6) is 5.88 Å². The van der Waals surface area contributed by atoms with Crippen molar-refractivity contribution in [1.82, 2.24) is 14.4 Å². The third-order valence-electron chi connectivity index (χ3n) is 3.24. The van der Waals surface area contributed by atoms with Gasteiger partial charge in [0.05, 0.1) is 36.9 Å². The molecule has 0 bridgehead atoms. The molecule has 104 valence electrons. The van der Waals surface area contributed by atoms with Gasteiger partial charge in [0, 0.05) is 17.1 Å². The number of methoxy groups -OCH3 is 1. The van der Waals surface area contributed by atoms with Crippen LogP contribution in [0.2, 0.25) is 0 Å². The maximum atomic E-state index is 5.05. The average molecular weight is 288 g/mol. The summed E-state index contributed by atoms with van der Waals surface area (Å²) in [4.78, 5) is 9.81. The number of fused-ring (bicyclic) bond motifs is 1. The molecule has 0 saturated carbocycles. The lowest BCUT2D eigenvalue weighted by Gasteiger charge is -2.07. The molecule has 0 unspecified atom stereocenters. The van der Waals surface area contributed by atoms with Crippen molar-refractivity contribution >= 4 is 22.0 Å². The van der Waals surface area contributed by atoms with E-state index >= 15 is 0 Å². The second-order valence-corrected chi connectivity index (χ2v) is 5.42. The molecular formula is C14H16N4OS. The molecule has 3 heterocycles. The number of nitrogens with zero attached hydrogens (tertiary/aromatic N) is 3. The van der Waals surface area contributed by atoms with Crippen LogP contribution in [-0.4, -0.2) is 21.5 Å². The fraction of sp³-hybridized carbons (Fsp3) is 0.286. The zero-order valence-corrected chi connectivity index (χ0v) is 12.5. The van der Waals surface area contributed by atoms with E-state index in [1.807, 2.05) is 19.1 Å². The van der Waals surface area contributed by atoms with E-state index in [0.717, 1.165) is 22.9 Å². The minimum Gasteiger partial charge on any atom is -0.481 e. The summed E-state index contributed by atoms with van der Waals surface area (Å²) in [6.07, 6.45) is 1.77. The van der Waals surface area contributed by atoms with Crippen LogP contribution in [0.1, 0.15) is 17.1 Å². The lowest BCUT2D eigenvalue weighted by Crippen LogP contribution is -2.05. The quantitative estimate of drug-likeness (QED) is 0.801. The van der Waals surface area contributed by atoms with Crippen LogP contribution in [0.25, 0.3) is 4.96 Å². The summed E-state index contributed by atoms with van der Waals surface area (Å²) in [6, 6.07) is 3.80. The molecule has 0 aromatic carbocycles. The normalized spacial score (nSPS) is 10.9. The molecule has 5 nitrogen and oxygen atoms in total. The fourth-order valence-electron chi connectivity index (χ4n) is 2.17. The molecule has 0 atom stereocenters. The molecule has 1 N–H and O–H groups in total. The Kier molecular flexibility index (Phi) is 3.31. The second-order valence-electron chi connectivity index (χ2n) is 4.58. The Bertz CT molecular complexity index is 730. The Labute approximate surface area is 121 Å². The van der Waals surface area contributed by atoms with Gasteiger partial charge in [-0.3, -0.25) is 4.40 Å². The summed E-state index contributed by atoms with van der Waals surface area (Å²) >= 11 is 1.67. The van der Waals surface area contributed by atoms with Gasteiger partial charge in [0.15, 0.2) is 4.96 Å². The number of aryl methyl sites for hydroxylation is 2. The van der Waals surface area contributed by atoms with Crippen LogP contribution in [-0.2, 0) is 6.54 Å². The van der Waals surface area contributed by atoms with E-state index in [-0.39, 0.29) is 0 Å². The van der Waals surface area contributed by atoms with Gasteiger partial charge in [-0.2, -0.15) is 0 Å². The van der Waals surface area contributed by atoms with Crippen LogP contribution >= 0.6 is 11.3 Å². The second kappa shape index (κ2) is 5.13. The number of hydrogen-bond acceptors (Lipinski definition) is 5. The number of pyridine rings is 1. The largest absolute Gasteiger partial charge is 0.481 e. The first-order chi connectivity index (χ1) is 9.69. The molecule has 20 heavy (non-hydrogen) atoms. The lowest BCUT2D eigenvalue weighted by atomic mass is 10.3. The van der Waals surface area contributed by atoms with Crippen molar-refractivity contribution in [2.45, 2.75) is 20.4 Å². The minimum atomic E-state index is 0.618. The van der Waals surface area contributed by atoms with Crippen molar-refractivity contribution < 1.29 is 4.74 Å². The topological polar surface area (TPSA) is 51.5 Å². The van der Waals surface area contributed by atoms with Crippen LogP contribution in [0.3, 0.4) is 0 Å². The average Bonchev–Trinajstić information content (AvgIpc) is 2.97. The Hall–Kier alpha value is -2.08. The van der Waals surface area contributed by atoms with Crippen LogP contribution in [0, 0.1) is 13.8 Å². The highest BCUT2D eigenvalue weighted by atomic mass is 32.1. The third kappa shape index (κ3) is 2.22. The van der Waals surface area contributed by atoms with Gasteiger partial charge < -0.3 is 10.1 Å². The number of thiazole rings is 1. The smallest absolute Gasteiger partial charge is 0.213 e. The monoisotopic (exact) mass is 288 g/mol. The van der Waals surface area contributed by atoms with E-state index in [0.29, 0.717) is 5.88 Å². The third-order valence-corrected chi connectivity index (χ3v) is 4.18. The number of nitrogens with one attached hydrogen (secondary N) is 1. The summed E-state index contributed by atoms with van der Waals surface area (Å²) in [5.41, 5.74) is 4.44. The van der Waals surface area contributed by atoms with Crippen molar-refractivity contribution in [3.8, 4) is 5.88 Å². The summed E-state index contributed by atoms with van der Waals surface area (Å²) in [7, 11) is 1.61. The summed E-state index contributed by atoms with van der Waals surface area (Å²) in [5.74, 6) is 0.618. The number of hydrogen-bond donors (Lipinski definition) is 1. The maximum absolute atomic E-state index is 5.05. The molecule has 6 heteroatoms. The van der Waals surface area contributed by atoms with Gasteiger partial charge in [0.2, 0.25) is 5.88 Å². The van der Waals surface area contributed by atoms with E-state index in [9.17, 15) is 0 Å². The Morgan fingerprint density at radius 1 is 1.35 bits per heavy atom. The molecular weight excluding hydrogens is 272 g/mol. The molecule has 0 aliphatic heterocycles. The highest BCUT2D eigenvalue weighted by Crippen LogP contribution is 2.21. The number of ether oxygens (including phenoxy) is 1. The molecule has 0 fully saturated rings. The number of rotatable bonds is 4. The van der Waals surface area contributed by atoms with Gasteiger partial charge in [-0.1, -0.05) is 0 Å². The summed E-state index contributed by atoms with van der Waals surface area (Å²) in [5, 5.41) is 5.50. The number of anilines is 1. The molecule has 0 aliphatic carbocycles. The van der Waals surface area contributed by atoms with Crippen molar-refractivity contribution in [1.29, 1.82) is 0 Å². The molecule has 0 spiro atoms. The van der Waals surface area contributed by atoms with Crippen molar-refractivity contribution in [3.63, 3.8) is 0 Å². The SMILES string of the molecule is COc1ccc(NCc2c(C)nc3scc(C)n23)cn1.